The summed E-state index contributed by atoms with van der Waals surface area (Å²) in [6.45, 7) is 3.92. The number of fused-ring (bicyclic) bond motifs is 3. The monoisotopic (exact) mass is 468 g/mol. The third kappa shape index (κ3) is 5.56. The molecule has 0 fully saturated rings. The van der Waals surface area contributed by atoms with Gasteiger partial charge in [-0.25, -0.2) is 4.79 Å². The highest BCUT2D eigenvalue weighted by molar-refractivity contribution is 5.90. The topological polar surface area (TPSA) is 105 Å². The van der Waals surface area contributed by atoms with Crippen molar-refractivity contribution in [1.82, 2.24) is 10.2 Å². The molecule has 8 heteroatoms. The van der Waals surface area contributed by atoms with E-state index in [1.54, 1.807) is 6.92 Å². The van der Waals surface area contributed by atoms with E-state index in [-0.39, 0.29) is 32.1 Å². The maximum absolute atomic E-state index is 13.3. The summed E-state index contributed by atoms with van der Waals surface area (Å²) in [7, 11) is 1.44. The van der Waals surface area contributed by atoms with E-state index in [9.17, 15) is 14.4 Å². The van der Waals surface area contributed by atoms with Crippen molar-refractivity contribution in [2.75, 3.05) is 33.4 Å². The first-order chi connectivity index (χ1) is 16.3. The number of rotatable bonds is 11. The van der Waals surface area contributed by atoms with Crippen LogP contribution in [0.5, 0.6) is 0 Å². The lowest BCUT2D eigenvalue weighted by molar-refractivity contribution is -0.142. The highest BCUT2D eigenvalue weighted by atomic mass is 16.5. The van der Waals surface area contributed by atoms with Crippen LogP contribution in [0.15, 0.2) is 48.5 Å². The van der Waals surface area contributed by atoms with E-state index in [0.717, 1.165) is 22.3 Å². The van der Waals surface area contributed by atoms with E-state index < -0.39 is 23.5 Å². The fourth-order valence-electron chi connectivity index (χ4n) is 4.46. The summed E-state index contributed by atoms with van der Waals surface area (Å²) < 4.78 is 10.8. The first-order valence-corrected chi connectivity index (χ1v) is 11.4. The molecule has 8 nitrogen and oxygen atoms in total. The molecule has 0 spiro atoms. The Hall–Kier alpha value is -3.39. The highest BCUT2D eigenvalue weighted by Gasteiger charge is 2.39. The van der Waals surface area contributed by atoms with Gasteiger partial charge in [0.05, 0.1) is 13.0 Å². The largest absolute Gasteiger partial charge is 0.481 e. The molecule has 0 radical (unpaired) electrons. The minimum absolute atomic E-state index is 0.0493. The van der Waals surface area contributed by atoms with E-state index in [4.69, 9.17) is 14.6 Å². The molecule has 2 amide bonds. The summed E-state index contributed by atoms with van der Waals surface area (Å²) in [5, 5.41) is 11.7. The van der Waals surface area contributed by atoms with Gasteiger partial charge in [-0.1, -0.05) is 55.5 Å². The maximum atomic E-state index is 13.3. The molecule has 2 aromatic rings. The number of aliphatic carboxylic acids is 1. The number of amides is 2. The first-order valence-electron chi connectivity index (χ1n) is 11.4. The Morgan fingerprint density at radius 2 is 1.62 bits per heavy atom. The second kappa shape index (κ2) is 11.2. The number of nitrogens with zero attached hydrogens (tertiary/aromatic N) is 1. The van der Waals surface area contributed by atoms with Gasteiger partial charge < -0.3 is 24.8 Å². The molecule has 182 valence electrons. The van der Waals surface area contributed by atoms with Crippen LogP contribution in [0.1, 0.15) is 43.7 Å². The number of alkyl carbamates (subject to hydrolysis) is 1. The minimum Gasteiger partial charge on any atom is -0.481 e. The van der Waals surface area contributed by atoms with Crippen molar-refractivity contribution in [3.8, 4) is 11.1 Å². The summed E-state index contributed by atoms with van der Waals surface area (Å²) in [5.41, 5.74) is 3.04. The lowest BCUT2D eigenvalue weighted by Crippen LogP contribution is -2.60. The summed E-state index contributed by atoms with van der Waals surface area (Å²) in [6, 6.07) is 16.1. The number of carbonyl (C=O) groups excluding carboxylic acids is 2. The predicted molar refractivity (Wildman–Crippen MR) is 128 cm³/mol. The van der Waals surface area contributed by atoms with Gasteiger partial charge in [-0.05, 0) is 35.6 Å². The zero-order chi connectivity index (χ0) is 24.7. The van der Waals surface area contributed by atoms with E-state index in [0.29, 0.717) is 13.0 Å². The Balaban J connectivity index is 1.71. The number of ether oxygens (including phenoxy) is 2. The van der Waals surface area contributed by atoms with Crippen LogP contribution < -0.4 is 5.32 Å². The molecule has 1 aliphatic carbocycles. The molecule has 2 aromatic carbocycles. The molecular weight excluding hydrogens is 436 g/mol. The van der Waals surface area contributed by atoms with Gasteiger partial charge in [-0.3, -0.25) is 9.59 Å². The van der Waals surface area contributed by atoms with Crippen molar-refractivity contribution >= 4 is 18.0 Å². The number of nitrogens with one attached hydrogen (secondary N) is 1. The highest BCUT2D eigenvalue weighted by Crippen LogP contribution is 2.44. The quantitative estimate of drug-likeness (QED) is 0.522. The zero-order valence-corrected chi connectivity index (χ0v) is 19.9. The lowest BCUT2D eigenvalue weighted by atomic mass is 9.98. The summed E-state index contributed by atoms with van der Waals surface area (Å²) >= 11 is 0. The van der Waals surface area contributed by atoms with Gasteiger partial charge in [0.1, 0.15) is 12.1 Å². The molecule has 0 heterocycles. The molecule has 1 atom stereocenters. The van der Waals surface area contributed by atoms with Gasteiger partial charge in [-0.2, -0.15) is 0 Å². The van der Waals surface area contributed by atoms with Crippen molar-refractivity contribution in [2.24, 2.45) is 0 Å². The van der Waals surface area contributed by atoms with Crippen molar-refractivity contribution in [1.29, 1.82) is 0 Å². The zero-order valence-electron chi connectivity index (χ0n) is 19.9. The van der Waals surface area contributed by atoms with Crippen LogP contribution in [0, 0.1) is 0 Å². The average Bonchev–Trinajstić information content (AvgIpc) is 3.13. The standard InChI is InChI=1S/C26H32N2O6/c1-4-14-28(15-13-23(29)30)24(31)26(2,17-33-3)27-25(32)34-16-22-20-11-7-5-9-18(20)19-10-6-8-12-21(19)22/h5-12,22H,4,13-17H2,1-3H3,(H,27,32)(H,29,30). The number of benzene rings is 2. The van der Waals surface area contributed by atoms with Crippen molar-refractivity contribution in [3.05, 3.63) is 59.7 Å². The Labute approximate surface area is 199 Å². The average molecular weight is 469 g/mol. The molecule has 0 aromatic heterocycles. The molecule has 2 N–H and O–H groups in total. The third-order valence-corrected chi connectivity index (χ3v) is 6.00. The molecule has 1 aliphatic rings. The van der Waals surface area contributed by atoms with Crippen molar-refractivity contribution < 1.29 is 29.0 Å². The molecule has 3 rings (SSSR count). The number of carboxylic acids is 1. The van der Waals surface area contributed by atoms with Gasteiger partial charge in [-0.15, -0.1) is 0 Å². The first kappa shape index (κ1) is 25.2. The Morgan fingerprint density at radius 3 is 2.15 bits per heavy atom. The van der Waals surface area contributed by atoms with Gasteiger partial charge >= 0.3 is 12.1 Å². The van der Waals surface area contributed by atoms with Gasteiger partial charge in [0.2, 0.25) is 0 Å². The number of carboxylic acid groups (broad SMARTS) is 1. The van der Waals surface area contributed by atoms with Crippen LogP contribution >= 0.6 is 0 Å². The van der Waals surface area contributed by atoms with Crippen LogP contribution in [0.3, 0.4) is 0 Å². The molecule has 0 saturated heterocycles. The molecule has 0 aliphatic heterocycles. The Bertz CT molecular complexity index is 994. The van der Waals surface area contributed by atoms with Crippen LogP contribution in [0.25, 0.3) is 11.1 Å². The number of carbonyl (C=O) groups is 3. The summed E-state index contributed by atoms with van der Waals surface area (Å²) in [5.74, 6) is -1.51. The maximum Gasteiger partial charge on any atom is 0.408 e. The number of methoxy groups -OCH3 is 1. The third-order valence-electron chi connectivity index (χ3n) is 6.00. The normalized spacial score (nSPS) is 14.0. The molecule has 34 heavy (non-hydrogen) atoms. The van der Waals surface area contributed by atoms with Gasteiger partial charge in [0.25, 0.3) is 5.91 Å². The van der Waals surface area contributed by atoms with Crippen molar-refractivity contribution in [2.45, 2.75) is 38.1 Å². The lowest BCUT2D eigenvalue weighted by Gasteiger charge is -2.34. The second-order valence-corrected chi connectivity index (χ2v) is 8.65. The summed E-state index contributed by atoms with van der Waals surface area (Å²) in [4.78, 5) is 38.5. The van der Waals surface area contributed by atoms with E-state index in [1.807, 2.05) is 43.3 Å². The smallest absolute Gasteiger partial charge is 0.408 e. The number of hydrogen-bond donors (Lipinski definition) is 2. The van der Waals surface area contributed by atoms with Gasteiger partial charge in [0, 0.05) is 26.1 Å². The minimum atomic E-state index is -1.40. The molecule has 0 bridgehead atoms. The fraction of sp³-hybridized carbons (Fsp3) is 0.423. The Kier molecular flexibility index (Phi) is 8.28. The Morgan fingerprint density at radius 1 is 1.03 bits per heavy atom. The van der Waals surface area contributed by atoms with E-state index in [1.165, 1.54) is 12.0 Å². The SMILES string of the molecule is CCCN(CCC(=O)O)C(=O)C(C)(COC)NC(=O)OCC1c2ccccc2-c2ccccc21. The summed E-state index contributed by atoms with van der Waals surface area (Å²) in [6.07, 6.45) is -0.261. The van der Waals surface area contributed by atoms with E-state index in [2.05, 4.69) is 17.4 Å². The van der Waals surface area contributed by atoms with Gasteiger partial charge in [0.15, 0.2) is 0 Å². The molecule has 1 unspecified atom stereocenters. The molecule has 0 saturated carbocycles. The second-order valence-electron chi connectivity index (χ2n) is 8.65. The van der Waals surface area contributed by atoms with Crippen LogP contribution in [0.2, 0.25) is 0 Å². The van der Waals surface area contributed by atoms with Crippen LogP contribution in [-0.4, -0.2) is 66.9 Å². The predicted octanol–water partition coefficient (Wildman–Crippen LogP) is 3.64. The van der Waals surface area contributed by atoms with Crippen LogP contribution in [0.4, 0.5) is 4.79 Å². The van der Waals surface area contributed by atoms with Crippen LogP contribution in [-0.2, 0) is 19.1 Å². The molecular formula is C26H32N2O6. The van der Waals surface area contributed by atoms with E-state index >= 15 is 0 Å². The number of hydrogen-bond acceptors (Lipinski definition) is 5. The van der Waals surface area contributed by atoms with Crippen molar-refractivity contribution in [3.63, 3.8) is 0 Å². The fourth-order valence-corrected chi connectivity index (χ4v) is 4.46.